The molecule has 6 heteroatoms. The Balaban J connectivity index is 1.31. The third kappa shape index (κ3) is 4.18. The van der Waals surface area contributed by atoms with Crippen molar-refractivity contribution in [2.75, 3.05) is 13.2 Å². The molecule has 1 saturated heterocycles. The van der Waals surface area contributed by atoms with E-state index in [-0.39, 0.29) is 30.1 Å². The molecule has 1 saturated carbocycles. The van der Waals surface area contributed by atoms with Gasteiger partial charge in [-0.2, -0.15) is 0 Å². The molecule has 2 fully saturated rings. The number of hydrogen-bond acceptors (Lipinski definition) is 5. The maximum atomic E-state index is 13.2. The van der Waals surface area contributed by atoms with Crippen LogP contribution < -0.4 is 10.4 Å². The van der Waals surface area contributed by atoms with Crippen molar-refractivity contribution in [3.8, 4) is 5.75 Å². The molecule has 1 aromatic heterocycles. The first-order valence-electron chi connectivity index (χ1n) is 12.7. The summed E-state index contributed by atoms with van der Waals surface area (Å²) in [5, 5.41) is 12.2. The lowest BCUT2D eigenvalue weighted by atomic mass is 9.66. The molecule has 6 nitrogen and oxygen atoms in total. The van der Waals surface area contributed by atoms with Crippen molar-refractivity contribution < 1.29 is 19.1 Å². The summed E-state index contributed by atoms with van der Waals surface area (Å²) < 4.78 is 11.4. The minimum absolute atomic E-state index is 0.0285. The predicted octanol–water partition coefficient (Wildman–Crippen LogP) is 4.37. The summed E-state index contributed by atoms with van der Waals surface area (Å²) in [4.78, 5) is 27.5. The van der Waals surface area contributed by atoms with Crippen LogP contribution in [0.1, 0.15) is 75.8 Å². The fourth-order valence-corrected chi connectivity index (χ4v) is 6.47. The van der Waals surface area contributed by atoms with Crippen molar-refractivity contribution in [2.45, 2.75) is 89.2 Å². The van der Waals surface area contributed by atoms with Crippen LogP contribution in [-0.2, 0) is 17.6 Å². The Morgan fingerprint density at radius 3 is 2.91 bits per heavy atom. The van der Waals surface area contributed by atoms with Gasteiger partial charge in [-0.15, -0.1) is 0 Å². The van der Waals surface area contributed by atoms with Gasteiger partial charge in [-0.1, -0.05) is 32.6 Å². The number of carbonyl (C=O) groups excluding carboxylic acids is 1. The van der Waals surface area contributed by atoms with Gasteiger partial charge in [0.05, 0.1) is 5.60 Å². The van der Waals surface area contributed by atoms with Crippen LogP contribution in [0.4, 0.5) is 0 Å². The molecule has 1 aliphatic heterocycles. The van der Waals surface area contributed by atoms with Gasteiger partial charge in [0, 0.05) is 35.5 Å². The minimum Gasteiger partial charge on any atom is -0.484 e. The number of unbranched alkanes of at least 4 members (excludes halogenated alkanes) is 1. The third-order valence-electron chi connectivity index (χ3n) is 8.20. The zero-order valence-electron chi connectivity index (χ0n) is 19.6. The normalized spacial score (nSPS) is 26.8. The highest BCUT2D eigenvalue weighted by Crippen LogP contribution is 2.44. The molecule has 2 aromatic rings. The summed E-state index contributed by atoms with van der Waals surface area (Å²) in [5.41, 5.74) is 1.55. The Kier molecular flexibility index (Phi) is 6.21. The fraction of sp³-hybridized carbons (Fsp3) is 0.630. The molecule has 0 bridgehead atoms. The van der Waals surface area contributed by atoms with Crippen LogP contribution in [0.2, 0.25) is 0 Å². The van der Waals surface area contributed by atoms with Crippen molar-refractivity contribution in [3.63, 3.8) is 0 Å². The number of aryl methyl sites for hydroxylation is 1. The van der Waals surface area contributed by atoms with Gasteiger partial charge in [-0.05, 0) is 62.6 Å². The largest absolute Gasteiger partial charge is 0.484 e. The van der Waals surface area contributed by atoms with E-state index in [0.717, 1.165) is 80.7 Å². The number of hydrogen-bond donors (Lipinski definition) is 1. The van der Waals surface area contributed by atoms with E-state index in [1.807, 2.05) is 17.0 Å². The summed E-state index contributed by atoms with van der Waals surface area (Å²) in [6.45, 7) is 2.70. The lowest BCUT2D eigenvalue weighted by Crippen LogP contribution is -2.61. The quantitative estimate of drug-likeness (QED) is 0.657. The molecular weight excluding hydrogens is 418 g/mol. The first kappa shape index (κ1) is 22.5. The highest BCUT2D eigenvalue weighted by molar-refractivity contribution is 5.83. The van der Waals surface area contributed by atoms with E-state index in [2.05, 4.69) is 6.92 Å². The maximum absolute atomic E-state index is 13.2. The standard InChI is InChI=1S/C27H35NO5/c1-2-3-10-23-22-9-4-5-13-27(22,31)14-15-28(23)25(29)17-32-18-11-12-20-19-7-6-8-21(19)26(30)33-24(20)16-18/h11-12,16,22-23,31H,2-10,13-15,17H2,1H3/t22-,23+,27-/m1/s1. The molecule has 1 aromatic carbocycles. The highest BCUT2D eigenvalue weighted by Gasteiger charge is 2.49. The van der Waals surface area contributed by atoms with Crippen LogP contribution in [0.5, 0.6) is 5.75 Å². The molecule has 33 heavy (non-hydrogen) atoms. The Hall–Kier alpha value is -2.34. The fourth-order valence-electron chi connectivity index (χ4n) is 6.47. The second kappa shape index (κ2) is 9.13. The average Bonchev–Trinajstić information content (AvgIpc) is 3.31. The number of piperidine rings is 1. The molecule has 2 aliphatic carbocycles. The Bertz CT molecular complexity index is 1090. The van der Waals surface area contributed by atoms with Gasteiger partial charge in [-0.25, -0.2) is 4.79 Å². The lowest BCUT2D eigenvalue weighted by Gasteiger charge is -2.52. The number of aliphatic hydroxyl groups is 1. The number of rotatable bonds is 6. The van der Waals surface area contributed by atoms with E-state index in [1.165, 1.54) is 0 Å². The monoisotopic (exact) mass is 453 g/mol. The van der Waals surface area contributed by atoms with Gasteiger partial charge < -0.3 is 19.2 Å². The SMILES string of the molecule is CCCC[C@H]1[C@H]2CCCC[C@@]2(O)CCN1C(=O)COc1ccc2c3c(c(=O)oc2c1)CCC3. The summed E-state index contributed by atoms with van der Waals surface area (Å²) in [7, 11) is 0. The third-order valence-corrected chi connectivity index (χ3v) is 8.20. The number of carbonyl (C=O) groups is 1. The molecule has 2 heterocycles. The van der Waals surface area contributed by atoms with Crippen LogP contribution >= 0.6 is 0 Å². The van der Waals surface area contributed by atoms with Crippen molar-refractivity contribution in [2.24, 2.45) is 5.92 Å². The van der Waals surface area contributed by atoms with Crippen molar-refractivity contribution in [1.29, 1.82) is 0 Å². The van der Waals surface area contributed by atoms with E-state index in [1.54, 1.807) is 6.07 Å². The van der Waals surface area contributed by atoms with Gasteiger partial charge in [-0.3, -0.25) is 4.79 Å². The van der Waals surface area contributed by atoms with E-state index < -0.39 is 5.60 Å². The predicted molar refractivity (Wildman–Crippen MR) is 127 cm³/mol. The van der Waals surface area contributed by atoms with Gasteiger partial charge in [0.15, 0.2) is 6.61 Å². The Labute approximate surface area is 194 Å². The van der Waals surface area contributed by atoms with Crippen LogP contribution in [0, 0.1) is 5.92 Å². The zero-order valence-corrected chi connectivity index (χ0v) is 19.6. The number of nitrogens with zero attached hydrogens (tertiary/aromatic N) is 1. The van der Waals surface area contributed by atoms with Crippen molar-refractivity contribution in [1.82, 2.24) is 4.90 Å². The van der Waals surface area contributed by atoms with E-state index in [4.69, 9.17) is 9.15 Å². The molecule has 0 spiro atoms. The Morgan fingerprint density at radius 1 is 1.21 bits per heavy atom. The van der Waals surface area contributed by atoms with Gasteiger partial charge in [0.2, 0.25) is 0 Å². The number of amides is 1. The second-order valence-electron chi connectivity index (χ2n) is 10.1. The molecule has 0 unspecified atom stereocenters. The average molecular weight is 454 g/mol. The summed E-state index contributed by atoms with van der Waals surface area (Å²) in [6, 6.07) is 5.61. The number of fused-ring (bicyclic) bond motifs is 4. The molecule has 1 N–H and O–H groups in total. The lowest BCUT2D eigenvalue weighted by molar-refractivity contribution is -0.157. The van der Waals surface area contributed by atoms with Crippen LogP contribution in [0.25, 0.3) is 11.0 Å². The molecule has 3 aliphatic rings. The topological polar surface area (TPSA) is 80.0 Å². The molecule has 1 amide bonds. The van der Waals surface area contributed by atoms with Crippen LogP contribution in [0.15, 0.2) is 27.4 Å². The number of likely N-dealkylation sites (tertiary alicyclic amines) is 1. The van der Waals surface area contributed by atoms with E-state index >= 15 is 0 Å². The van der Waals surface area contributed by atoms with Crippen molar-refractivity contribution in [3.05, 3.63) is 39.7 Å². The van der Waals surface area contributed by atoms with Crippen LogP contribution in [-0.4, -0.2) is 40.7 Å². The highest BCUT2D eigenvalue weighted by atomic mass is 16.5. The molecule has 3 atom stereocenters. The van der Waals surface area contributed by atoms with Crippen LogP contribution in [0.3, 0.4) is 0 Å². The summed E-state index contributed by atoms with van der Waals surface area (Å²) in [6.07, 6.45) is 10.4. The van der Waals surface area contributed by atoms with E-state index in [0.29, 0.717) is 24.3 Å². The zero-order chi connectivity index (χ0) is 23.0. The second-order valence-corrected chi connectivity index (χ2v) is 10.1. The van der Waals surface area contributed by atoms with E-state index in [9.17, 15) is 14.7 Å². The summed E-state index contributed by atoms with van der Waals surface area (Å²) in [5.74, 6) is 0.667. The van der Waals surface area contributed by atoms with Gasteiger partial charge in [0.1, 0.15) is 11.3 Å². The molecular formula is C27H35NO5. The minimum atomic E-state index is -0.621. The Morgan fingerprint density at radius 2 is 2.06 bits per heavy atom. The molecule has 5 rings (SSSR count). The summed E-state index contributed by atoms with van der Waals surface area (Å²) >= 11 is 0. The van der Waals surface area contributed by atoms with Gasteiger partial charge >= 0.3 is 5.63 Å². The maximum Gasteiger partial charge on any atom is 0.339 e. The number of benzene rings is 1. The van der Waals surface area contributed by atoms with Gasteiger partial charge in [0.25, 0.3) is 5.91 Å². The molecule has 178 valence electrons. The van der Waals surface area contributed by atoms with Crippen molar-refractivity contribution >= 4 is 16.9 Å². The number of ether oxygens (including phenoxy) is 1. The first-order valence-corrected chi connectivity index (χ1v) is 12.7. The smallest absolute Gasteiger partial charge is 0.339 e. The molecule has 0 radical (unpaired) electrons. The first-order chi connectivity index (χ1) is 16.0.